The van der Waals surface area contributed by atoms with E-state index in [1.54, 1.807) is 0 Å². The second-order valence-corrected chi connectivity index (χ2v) is 4.28. The van der Waals surface area contributed by atoms with Gasteiger partial charge in [0.05, 0.1) is 5.54 Å². The van der Waals surface area contributed by atoms with Gasteiger partial charge >= 0.3 is 0 Å². The van der Waals surface area contributed by atoms with Gasteiger partial charge in [0.25, 0.3) is 0 Å². The number of carbonyl (C=O) groups excluding carboxylic acids is 1. The molecule has 0 fully saturated rings. The molecule has 2 N–H and O–H groups in total. The maximum absolute atomic E-state index is 11.5. The maximum atomic E-state index is 11.5. The molecular formula is C9H16N2O. The smallest absolute Gasteiger partial charge is 0.245 e. The fourth-order valence-corrected chi connectivity index (χ4v) is 1.01. The molecule has 0 radical (unpaired) electrons. The van der Waals surface area contributed by atoms with Crippen molar-refractivity contribution >= 4 is 5.91 Å². The van der Waals surface area contributed by atoms with Crippen molar-refractivity contribution in [1.82, 2.24) is 10.6 Å². The zero-order valence-corrected chi connectivity index (χ0v) is 8.06. The van der Waals surface area contributed by atoms with Gasteiger partial charge in [0.15, 0.2) is 0 Å². The van der Waals surface area contributed by atoms with Crippen LogP contribution in [0.15, 0.2) is 12.3 Å². The fraction of sp³-hybridized carbons (Fsp3) is 0.667. The summed E-state index contributed by atoms with van der Waals surface area (Å²) in [6.45, 7) is 7.64. The molecule has 12 heavy (non-hydrogen) atoms. The molecule has 0 aromatic rings. The summed E-state index contributed by atoms with van der Waals surface area (Å²) in [4.78, 5) is 11.5. The van der Waals surface area contributed by atoms with E-state index in [1.165, 1.54) is 0 Å². The number of hydrogen-bond acceptors (Lipinski definition) is 2. The van der Waals surface area contributed by atoms with E-state index in [-0.39, 0.29) is 11.4 Å². The number of hydrogen-bond donors (Lipinski definition) is 2. The average Bonchev–Trinajstić information content (AvgIpc) is 1.90. The van der Waals surface area contributed by atoms with Gasteiger partial charge in [-0.05, 0) is 40.0 Å². The van der Waals surface area contributed by atoms with Gasteiger partial charge in [-0.15, -0.1) is 0 Å². The molecule has 0 saturated carbocycles. The van der Waals surface area contributed by atoms with Gasteiger partial charge in [-0.25, -0.2) is 0 Å². The van der Waals surface area contributed by atoms with Crippen LogP contribution in [0, 0.1) is 0 Å². The van der Waals surface area contributed by atoms with Crippen molar-refractivity contribution in [2.24, 2.45) is 0 Å². The summed E-state index contributed by atoms with van der Waals surface area (Å²) in [5.74, 6) is 0.0255. The van der Waals surface area contributed by atoms with Crippen LogP contribution in [0.1, 0.15) is 27.7 Å². The highest BCUT2D eigenvalue weighted by Crippen LogP contribution is 2.12. The zero-order chi connectivity index (χ0) is 9.41. The Bertz CT molecular complexity index is 229. The first-order chi connectivity index (χ1) is 5.33. The Morgan fingerprint density at radius 1 is 1.25 bits per heavy atom. The van der Waals surface area contributed by atoms with Crippen molar-refractivity contribution < 1.29 is 4.79 Å². The van der Waals surface area contributed by atoms with E-state index in [0.717, 1.165) is 0 Å². The highest BCUT2D eigenvalue weighted by atomic mass is 16.2. The lowest BCUT2D eigenvalue weighted by molar-refractivity contribution is -0.126. The van der Waals surface area contributed by atoms with Gasteiger partial charge in [0.1, 0.15) is 5.54 Å². The highest BCUT2D eigenvalue weighted by molar-refractivity contribution is 5.86. The van der Waals surface area contributed by atoms with Crippen LogP contribution >= 0.6 is 0 Å². The summed E-state index contributed by atoms with van der Waals surface area (Å²) < 4.78 is 0. The van der Waals surface area contributed by atoms with Crippen molar-refractivity contribution in [2.45, 2.75) is 38.8 Å². The summed E-state index contributed by atoms with van der Waals surface area (Å²) in [7, 11) is 0. The quantitative estimate of drug-likeness (QED) is 0.561. The number of nitrogens with one attached hydrogen (secondary N) is 2. The monoisotopic (exact) mass is 168 g/mol. The van der Waals surface area contributed by atoms with Crippen molar-refractivity contribution in [3.63, 3.8) is 0 Å². The predicted octanol–water partition coefficient (Wildman–Crippen LogP) is 0.777. The Kier molecular flexibility index (Phi) is 1.90. The third kappa shape index (κ3) is 1.78. The summed E-state index contributed by atoms with van der Waals surface area (Å²) in [5, 5.41) is 5.95. The fourth-order valence-electron chi connectivity index (χ4n) is 1.01. The first-order valence-corrected chi connectivity index (χ1v) is 4.11. The molecule has 0 aromatic heterocycles. The summed E-state index contributed by atoms with van der Waals surface area (Å²) in [6.07, 6.45) is 3.78. The molecule has 0 saturated heterocycles. The van der Waals surface area contributed by atoms with Crippen molar-refractivity contribution in [3.05, 3.63) is 12.3 Å². The molecule has 1 aliphatic rings. The largest absolute Gasteiger partial charge is 0.378 e. The lowest BCUT2D eigenvalue weighted by Gasteiger charge is -2.26. The van der Waals surface area contributed by atoms with Crippen LogP contribution in [0.5, 0.6) is 0 Å². The molecule has 68 valence electrons. The van der Waals surface area contributed by atoms with E-state index < -0.39 is 5.54 Å². The van der Waals surface area contributed by atoms with Crippen LogP contribution < -0.4 is 10.6 Å². The van der Waals surface area contributed by atoms with Crippen molar-refractivity contribution in [3.8, 4) is 0 Å². The summed E-state index contributed by atoms with van der Waals surface area (Å²) in [6, 6.07) is 0. The Balaban J connectivity index is 2.87. The van der Waals surface area contributed by atoms with Crippen LogP contribution in [0.25, 0.3) is 0 Å². The number of carbonyl (C=O) groups is 1. The molecule has 1 heterocycles. The second kappa shape index (κ2) is 2.51. The average molecular weight is 168 g/mol. The van der Waals surface area contributed by atoms with Gasteiger partial charge in [-0.3, -0.25) is 4.79 Å². The third-order valence-corrected chi connectivity index (χ3v) is 1.95. The van der Waals surface area contributed by atoms with Gasteiger partial charge < -0.3 is 10.6 Å². The number of amides is 1. The number of rotatable bonds is 0. The van der Waals surface area contributed by atoms with E-state index in [4.69, 9.17) is 0 Å². The molecular weight excluding hydrogens is 152 g/mol. The Labute approximate surface area is 73.2 Å². The zero-order valence-electron chi connectivity index (χ0n) is 8.06. The molecule has 0 bridgehead atoms. The first kappa shape index (κ1) is 9.10. The predicted molar refractivity (Wildman–Crippen MR) is 48.6 cm³/mol. The minimum Gasteiger partial charge on any atom is -0.378 e. The van der Waals surface area contributed by atoms with Gasteiger partial charge in [-0.1, -0.05) is 0 Å². The second-order valence-electron chi connectivity index (χ2n) is 4.28. The molecule has 1 rings (SSSR count). The summed E-state index contributed by atoms with van der Waals surface area (Å²) >= 11 is 0. The molecule has 1 amide bonds. The van der Waals surface area contributed by atoms with Crippen LogP contribution in [-0.2, 0) is 4.79 Å². The standard InChI is InChI=1S/C9H16N2O/c1-8(2)5-6-10-9(3,4)7(12)11-8/h5-6,10H,1-4H3,(H,11,12). The molecule has 0 aromatic carbocycles. The van der Waals surface area contributed by atoms with Gasteiger partial charge in [0, 0.05) is 0 Å². The topological polar surface area (TPSA) is 41.1 Å². The molecule has 3 nitrogen and oxygen atoms in total. The molecule has 0 unspecified atom stereocenters. The van der Waals surface area contributed by atoms with E-state index in [0.29, 0.717) is 0 Å². The van der Waals surface area contributed by atoms with Gasteiger partial charge in [-0.2, -0.15) is 0 Å². The van der Waals surface area contributed by atoms with E-state index in [2.05, 4.69) is 10.6 Å². The van der Waals surface area contributed by atoms with Crippen molar-refractivity contribution in [1.29, 1.82) is 0 Å². The van der Waals surface area contributed by atoms with E-state index in [9.17, 15) is 4.79 Å². The van der Waals surface area contributed by atoms with Crippen LogP contribution in [0.2, 0.25) is 0 Å². The highest BCUT2D eigenvalue weighted by Gasteiger charge is 2.32. The van der Waals surface area contributed by atoms with Crippen LogP contribution in [-0.4, -0.2) is 17.0 Å². The van der Waals surface area contributed by atoms with Gasteiger partial charge in [0.2, 0.25) is 5.91 Å². The van der Waals surface area contributed by atoms with E-state index >= 15 is 0 Å². The van der Waals surface area contributed by atoms with E-state index in [1.807, 2.05) is 40.0 Å². The molecule has 3 heteroatoms. The normalized spacial score (nSPS) is 25.5. The first-order valence-electron chi connectivity index (χ1n) is 4.11. The minimum atomic E-state index is -0.510. The Hall–Kier alpha value is -0.990. The summed E-state index contributed by atoms with van der Waals surface area (Å²) in [5.41, 5.74) is -0.762. The maximum Gasteiger partial charge on any atom is 0.245 e. The third-order valence-electron chi connectivity index (χ3n) is 1.95. The minimum absolute atomic E-state index is 0.0255. The molecule has 0 spiro atoms. The van der Waals surface area contributed by atoms with Crippen molar-refractivity contribution in [2.75, 3.05) is 0 Å². The SMILES string of the molecule is CC1(C)C=CNC(C)(C)C(=O)N1. The molecule has 0 atom stereocenters. The molecule has 1 aliphatic heterocycles. The lowest BCUT2D eigenvalue weighted by atomic mass is 10.0. The van der Waals surface area contributed by atoms with Crippen LogP contribution in [0.4, 0.5) is 0 Å². The lowest BCUT2D eigenvalue weighted by Crippen LogP contribution is -2.53. The Morgan fingerprint density at radius 3 is 2.42 bits per heavy atom. The molecule has 0 aliphatic carbocycles. The Morgan fingerprint density at radius 2 is 1.83 bits per heavy atom. The van der Waals surface area contributed by atoms with Crippen LogP contribution in [0.3, 0.4) is 0 Å².